The lowest BCUT2D eigenvalue weighted by Gasteiger charge is -2.11. The van der Waals surface area contributed by atoms with Crippen LogP contribution in [-0.4, -0.2) is 12.0 Å². The molecule has 8 heteroatoms. The number of nitrogens with one attached hydrogen (secondary N) is 1. The van der Waals surface area contributed by atoms with Crippen LogP contribution in [-0.2, 0) is 0 Å². The van der Waals surface area contributed by atoms with Gasteiger partial charge in [-0.25, -0.2) is 0 Å². The number of carbonyl (C=O) groups excluding carboxylic acids is 1. The van der Waals surface area contributed by atoms with E-state index in [1.807, 2.05) is 6.07 Å². The van der Waals surface area contributed by atoms with Crippen molar-refractivity contribution in [3.05, 3.63) is 60.2 Å². The molecule has 0 bridgehead atoms. The second kappa shape index (κ2) is 8.09. The summed E-state index contributed by atoms with van der Waals surface area (Å²) in [6, 6.07) is 8.54. The van der Waals surface area contributed by atoms with Gasteiger partial charge in [0.1, 0.15) is 11.6 Å². The number of hydrogen-bond acceptors (Lipinski definition) is 5. The van der Waals surface area contributed by atoms with Crippen molar-refractivity contribution in [3.63, 3.8) is 0 Å². The SMILES string of the molecule is CSC(Nc1ccc(Cl)c(Cl)c1)=C(C#N)C(=O)c1sccc1Cl. The molecule has 0 spiro atoms. The summed E-state index contributed by atoms with van der Waals surface area (Å²) in [7, 11) is 0. The zero-order chi connectivity index (χ0) is 17.0. The fourth-order valence-electron chi connectivity index (χ4n) is 1.69. The third-order valence-electron chi connectivity index (χ3n) is 2.77. The van der Waals surface area contributed by atoms with E-state index in [-0.39, 0.29) is 5.57 Å². The van der Waals surface area contributed by atoms with Crippen LogP contribution >= 0.6 is 57.9 Å². The molecule has 0 saturated heterocycles. The number of thioether (sulfide) groups is 1. The van der Waals surface area contributed by atoms with E-state index in [0.29, 0.717) is 30.7 Å². The van der Waals surface area contributed by atoms with Gasteiger partial charge in [0.2, 0.25) is 5.78 Å². The molecule has 23 heavy (non-hydrogen) atoms. The minimum absolute atomic E-state index is 0.00655. The lowest BCUT2D eigenvalue weighted by molar-refractivity contribution is 0.104. The minimum atomic E-state index is -0.413. The summed E-state index contributed by atoms with van der Waals surface area (Å²) in [5, 5.41) is 15.7. The van der Waals surface area contributed by atoms with E-state index >= 15 is 0 Å². The Morgan fingerprint density at radius 3 is 2.48 bits per heavy atom. The van der Waals surface area contributed by atoms with Crippen molar-refractivity contribution in [2.24, 2.45) is 0 Å². The summed E-state index contributed by atoms with van der Waals surface area (Å²) in [5.41, 5.74) is 0.620. The Morgan fingerprint density at radius 1 is 1.22 bits per heavy atom. The molecular weight excluding hydrogens is 395 g/mol. The van der Waals surface area contributed by atoms with E-state index in [1.54, 1.807) is 35.9 Å². The number of benzene rings is 1. The monoisotopic (exact) mass is 402 g/mol. The number of nitriles is 1. The van der Waals surface area contributed by atoms with Gasteiger partial charge in [-0.05, 0) is 35.9 Å². The molecule has 0 fully saturated rings. The van der Waals surface area contributed by atoms with Crippen LogP contribution in [0, 0.1) is 11.3 Å². The van der Waals surface area contributed by atoms with E-state index < -0.39 is 5.78 Å². The summed E-state index contributed by atoms with van der Waals surface area (Å²) < 4.78 is 0. The van der Waals surface area contributed by atoms with E-state index in [0.717, 1.165) is 0 Å². The Balaban J connectivity index is 2.40. The van der Waals surface area contributed by atoms with Crippen LogP contribution in [0.3, 0.4) is 0 Å². The highest BCUT2D eigenvalue weighted by Crippen LogP contribution is 2.30. The van der Waals surface area contributed by atoms with Gasteiger partial charge in [-0.2, -0.15) is 5.26 Å². The average Bonchev–Trinajstić information content (AvgIpc) is 2.96. The normalized spacial score (nSPS) is 11.6. The van der Waals surface area contributed by atoms with E-state index in [2.05, 4.69) is 5.32 Å². The van der Waals surface area contributed by atoms with Gasteiger partial charge in [-0.3, -0.25) is 4.79 Å². The van der Waals surface area contributed by atoms with Crippen LogP contribution in [0.15, 0.2) is 40.2 Å². The predicted molar refractivity (Wildman–Crippen MR) is 99.9 cm³/mol. The van der Waals surface area contributed by atoms with Crippen LogP contribution < -0.4 is 5.32 Å². The first-order valence-electron chi connectivity index (χ1n) is 6.16. The highest BCUT2D eigenvalue weighted by atomic mass is 35.5. The maximum atomic E-state index is 12.5. The Labute approximate surface area is 156 Å². The Morgan fingerprint density at radius 2 is 1.96 bits per heavy atom. The second-order valence-electron chi connectivity index (χ2n) is 4.20. The molecule has 0 saturated carbocycles. The number of ketones is 1. The Bertz CT molecular complexity index is 824. The predicted octanol–water partition coefficient (Wildman–Crippen LogP) is 6.10. The van der Waals surface area contributed by atoms with Gasteiger partial charge < -0.3 is 5.32 Å². The van der Waals surface area contributed by atoms with Crippen molar-refractivity contribution in [3.8, 4) is 6.07 Å². The van der Waals surface area contributed by atoms with Crippen molar-refractivity contribution < 1.29 is 4.79 Å². The molecule has 3 nitrogen and oxygen atoms in total. The number of anilines is 1. The van der Waals surface area contributed by atoms with Crippen molar-refractivity contribution in [2.75, 3.05) is 11.6 Å². The second-order valence-corrected chi connectivity index (χ2v) is 7.15. The smallest absolute Gasteiger partial charge is 0.217 e. The maximum absolute atomic E-state index is 12.5. The number of Topliss-reactive ketones (excluding diaryl/α,β-unsaturated/α-hetero) is 1. The topological polar surface area (TPSA) is 52.9 Å². The molecule has 0 aliphatic carbocycles. The highest BCUT2D eigenvalue weighted by Gasteiger charge is 2.21. The maximum Gasteiger partial charge on any atom is 0.217 e. The molecule has 1 N–H and O–H groups in total. The first-order chi connectivity index (χ1) is 11.0. The molecule has 0 radical (unpaired) electrons. The van der Waals surface area contributed by atoms with Crippen LogP contribution in [0.25, 0.3) is 0 Å². The van der Waals surface area contributed by atoms with Crippen molar-refractivity contribution in [1.29, 1.82) is 5.26 Å². The average molecular weight is 404 g/mol. The summed E-state index contributed by atoms with van der Waals surface area (Å²) in [5.74, 6) is -0.413. The van der Waals surface area contributed by atoms with Crippen LogP contribution in [0.4, 0.5) is 5.69 Å². The lowest BCUT2D eigenvalue weighted by Crippen LogP contribution is -2.08. The van der Waals surface area contributed by atoms with E-state index in [9.17, 15) is 10.1 Å². The van der Waals surface area contributed by atoms with Gasteiger partial charge >= 0.3 is 0 Å². The molecule has 1 aromatic carbocycles. The molecule has 0 unspecified atom stereocenters. The molecule has 2 aromatic rings. The molecule has 0 atom stereocenters. The first-order valence-corrected chi connectivity index (χ1v) is 9.40. The summed E-state index contributed by atoms with van der Waals surface area (Å²) in [6.45, 7) is 0. The Kier molecular flexibility index (Phi) is 6.40. The number of nitrogens with zero attached hydrogens (tertiary/aromatic N) is 1. The fraction of sp³-hybridized carbons (Fsp3) is 0.0667. The molecule has 0 aliphatic heterocycles. The van der Waals surface area contributed by atoms with Gasteiger partial charge in [0, 0.05) is 5.69 Å². The summed E-state index contributed by atoms with van der Waals surface area (Å²) in [4.78, 5) is 12.9. The molecule has 1 aromatic heterocycles. The number of hydrogen-bond donors (Lipinski definition) is 1. The molecule has 2 rings (SSSR count). The number of carbonyl (C=O) groups is 1. The van der Waals surface area contributed by atoms with Crippen LogP contribution in [0.1, 0.15) is 9.67 Å². The van der Waals surface area contributed by atoms with Crippen molar-refractivity contribution in [2.45, 2.75) is 0 Å². The van der Waals surface area contributed by atoms with Gasteiger partial charge in [0.15, 0.2) is 0 Å². The number of rotatable bonds is 5. The Hall–Kier alpha value is -1.16. The number of allylic oxidation sites excluding steroid dienone is 1. The molecular formula is C15H9Cl3N2OS2. The summed E-state index contributed by atoms with van der Waals surface area (Å²) >= 11 is 20.3. The van der Waals surface area contributed by atoms with Crippen molar-refractivity contribution in [1.82, 2.24) is 0 Å². The van der Waals surface area contributed by atoms with Gasteiger partial charge in [-0.15, -0.1) is 23.1 Å². The van der Waals surface area contributed by atoms with Crippen molar-refractivity contribution >= 4 is 69.4 Å². The third-order valence-corrected chi connectivity index (χ3v) is 5.56. The highest BCUT2D eigenvalue weighted by molar-refractivity contribution is 8.02. The van der Waals surface area contributed by atoms with Gasteiger partial charge in [0.05, 0.1) is 25.0 Å². The quantitative estimate of drug-likeness (QED) is 0.372. The third kappa shape index (κ3) is 4.23. The summed E-state index contributed by atoms with van der Waals surface area (Å²) in [6.07, 6.45) is 1.76. The zero-order valence-corrected chi connectivity index (χ0v) is 15.6. The molecule has 1 heterocycles. The minimum Gasteiger partial charge on any atom is -0.349 e. The van der Waals surface area contributed by atoms with Gasteiger partial charge in [0.25, 0.3) is 0 Å². The molecule has 0 aliphatic rings. The van der Waals surface area contributed by atoms with E-state index in [4.69, 9.17) is 34.8 Å². The van der Waals surface area contributed by atoms with Crippen LogP contribution in [0.5, 0.6) is 0 Å². The number of thiophene rings is 1. The van der Waals surface area contributed by atoms with Gasteiger partial charge in [-0.1, -0.05) is 34.8 Å². The first kappa shape index (κ1) is 18.2. The zero-order valence-electron chi connectivity index (χ0n) is 11.7. The largest absolute Gasteiger partial charge is 0.349 e. The standard InChI is InChI=1S/C15H9Cl3N2OS2/c1-22-15(20-8-2-3-10(16)12(18)6-8)9(7-19)13(21)14-11(17)4-5-23-14/h2-6,20H,1H3. The molecule has 118 valence electrons. The van der Waals surface area contributed by atoms with Crippen LogP contribution in [0.2, 0.25) is 15.1 Å². The number of halogens is 3. The van der Waals surface area contributed by atoms with E-state index in [1.165, 1.54) is 23.1 Å². The lowest BCUT2D eigenvalue weighted by atomic mass is 10.1. The fourth-order valence-corrected chi connectivity index (χ4v) is 3.64. The molecule has 0 amide bonds.